The van der Waals surface area contributed by atoms with Gasteiger partial charge in [-0.3, -0.25) is 0 Å². The maximum absolute atomic E-state index is 6.10. The summed E-state index contributed by atoms with van der Waals surface area (Å²) in [7, 11) is 3.09. The second kappa shape index (κ2) is 9.63. The molecule has 0 aliphatic heterocycles. The Bertz CT molecular complexity index is 1150. The first-order valence-electron chi connectivity index (χ1n) is 9.20. The SMILES string of the molecule is COc1cc(OC)nc(Sc2cnc(Nc3nc(C)cs3)c(Oc3ccccc3)c2)n1. The molecule has 0 amide bonds. The predicted octanol–water partition coefficient (Wildman–Crippen LogP) is 5.34. The highest BCUT2D eigenvalue weighted by Gasteiger charge is 2.14. The van der Waals surface area contributed by atoms with E-state index in [1.54, 1.807) is 26.5 Å². The Kier molecular flexibility index (Phi) is 6.48. The number of ether oxygens (including phenoxy) is 3. The molecule has 0 aliphatic carbocycles. The Balaban J connectivity index is 1.65. The van der Waals surface area contributed by atoms with E-state index in [4.69, 9.17) is 14.2 Å². The van der Waals surface area contributed by atoms with Crippen molar-refractivity contribution in [2.45, 2.75) is 17.0 Å². The molecule has 3 heterocycles. The van der Waals surface area contributed by atoms with Gasteiger partial charge in [0.15, 0.2) is 21.9 Å². The fraction of sp³-hybridized carbons (Fsp3) is 0.143. The smallest absolute Gasteiger partial charge is 0.220 e. The molecule has 31 heavy (non-hydrogen) atoms. The fourth-order valence-electron chi connectivity index (χ4n) is 2.53. The van der Waals surface area contributed by atoms with Gasteiger partial charge in [-0.2, -0.15) is 9.97 Å². The summed E-state index contributed by atoms with van der Waals surface area (Å²) in [6, 6.07) is 13.0. The van der Waals surface area contributed by atoms with Gasteiger partial charge < -0.3 is 19.5 Å². The van der Waals surface area contributed by atoms with Crippen molar-refractivity contribution in [1.82, 2.24) is 19.9 Å². The highest BCUT2D eigenvalue weighted by molar-refractivity contribution is 7.99. The number of rotatable bonds is 8. The molecule has 0 radical (unpaired) electrons. The molecule has 0 aliphatic rings. The van der Waals surface area contributed by atoms with Crippen molar-refractivity contribution in [2.24, 2.45) is 0 Å². The summed E-state index contributed by atoms with van der Waals surface area (Å²) in [4.78, 5) is 18.5. The average Bonchev–Trinajstić information content (AvgIpc) is 3.20. The number of benzene rings is 1. The average molecular weight is 454 g/mol. The van der Waals surface area contributed by atoms with Crippen LogP contribution in [0, 0.1) is 6.92 Å². The molecule has 3 aromatic heterocycles. The van der Waals surface area contributed by atoms with Crippen LogP contribution >= 0.6 is 23.1 Å². The van der Waals surface area contributed by atoms with E-state index in [1.807, 2.05) is 48.7 Å². The monoisotopic (exact) mass is 453 g/mol. The van der Waals surface area contributed by atoms with Gasteiger partial charge >= 0.3 is 0 Å². The van der Waals surface area contributed by atoms with Gasteiger partial charge in [0.2, 0.25) is 11.8 Å². The standard InChI is InChI=1S/C21H19N5O3S2/c1-13-12-30-20(23-13)26-19-16(29-14-7-5-4-6-8-14)9-15(11-22-19)31-21-24-17(27-2)10-18(25-21)28-3/h4-12H,1-3H3,(H,22,23,26). The van der Waals surface area contributed by atoms with Crippen molar-refractivity contribution < 1.29 is 14.2 Å². The van der Waals surface area contributed by atoms with Crippen molar-refractivity contribution in [3.05, 3.63) is 59.7 Å². The van der Waals surface area contributed by atoms with Gasteiger partial charge in [-0.25, -0.2) is 9.97 Å². The number of hydrogen-bond acceptors (Lipinski definition) is 10. The third-order valence-electron chi connectivity index (χ3n) is 3.93. The third kappa shape index (κ3) is 5.41. The first kappa shape index (κ1) is 20.9. The molecule has 0 unspecified atom stereocenters. The molecule has 1 N–H and O–H groups in total. The van der Waals surface area contributed by atoms with Gasteiger partial charge in [0.1, 0.15) is 5.75 Å². The molecular weight excluding hydrogens is 434 g/mol. The summed E-state index contributed by atoms with van der Waals surface area (Å²) in [5.74, 6) is 2.65. The summed E-state index contributed by atoms with van der Waals surface area (Å²) in [5.41, 5.74) is 0.939. The number of para-hydroxylation sites is 1. The summed E-state index contributed by atoms with van der Waals surface area (Å²) in [5, 5.41) is 6.41. The van der Waals surface area contributed by atoms with Crippen LogP contribution in [-0.4, -0.2) is 34.2 Å². The lowest BCUT2D eigenvalue weighted by molar-refractivity contribution is 0.364. The zero-order valence-corrected chi connectivity index (χ0v) is 18.7. The van der Waals surface area contributed by atoms with Gasteiger partial charge in [0, 0.05) is 22.5 Å². The van der Waals surface area contributed by atoms with E-state index in [9.17, 15) is 0 Å². The fourth-order valence-corrected chi connectivity index (χ4v) is 3.97. The molecule has 4 rings (SSSR count). The van der Waals surface area contributed by atoms with Crippen molar-refractivity contribution in [3.8, 4) is 23.3 Å². The number of thiazole rings is 1. The van der Waals surface area contributed by atoms with Crippen LogP contribution in [-0.2, 0) is 0 Å². The molecule has 158 valence electrons. The van der Waals surface area contributed by atoms with Crippen LogP contribution in [0.5, 0.6) is 23.3 Å². The summed E-state index contributed by atoms with van der Waals surface area (Å²) < 4.78 is 16.6. The van der Waals surface area contributed by atoms with E-state index < -0.39 is 0 Å². The van der Waals surface area contributed by atoms with Crippen LogP contribution in [0.4, 0.5) is 10.9 Å². The summed E-state index contributed by atoms with van der Waals surface area (Å²) in [6.07, 6.45) is 1.72. The number of methoxy groups -OCH3 is 2. The zero-order chi connectivity index (χ0) is 21.6. The minimum atomic E-state index is 0.417. The number of aromatic nitrogens is 4. The highest BCUT2D eigenvalue weighted by Crippen LogP contribution is 2.36. The lowest BCUT2D eigenvalue weighted by atomic mass is 10.3. The van der Waals surface area contributed by atoms with Gasteiger partial charge in [0.05, 0.1) is 26.0 Å². The first-order chi connectivity index (χ1) is 15.1. The Morgan fingerprint density at radius 2 is 1.71 bits per heavy atom. The predicted molar refractivity (Wildman–Crippen MR) is 120 cm³/mol. The highest BCUT2D eigenvalue weighted by atomic mass is 32.2. The molecule has 1 aromatic carbocycles. The van der Waals surface area contributed by atoms with Crippen LogP contribution in [0.3, 0.4) is 0 Å². The number of anilines is 2. The van der Waals surface area contributed by atoms with Crippen LogP contribution in [0.15, 0.2) is 64.1 Å². The maximum Gasteiger partial charge on any atom is 0.220 e. The third-order valence-corrected chi connectivity index (χ3v) is 5.63. The molecule has 0 fully saturated rings. The molecule has 4 aromatic rings. The maximum atomic E-state index is 6.10. The van der Waals surface area contributed by atoms with E-state index in [0.29, 0.717) is 34.2 Å². The van der Waals surface area contributed by atoms with Gasteiger partial charge in [-0.15, -0.1) is 11.3 Å². The zero-order valence-electron chi connectivity index (χ0n) is 17.0. The van der Waals surface area contributed by atoms with Crippen molar-refractivity contribution in [3.63, 3.8) is 0 Å². The molecule has 10 heteroatoms. The molecule has 0 atom stereocenters. The summed E-state index contributed by atoms with van der Waals surface area (Å²) in [6.45, 7) is 1.94. The van der Waals surface area contributed by atoms with E-state index in [2.05, 4.69) is 25.3 Å². The van der Waals surface area contributed by atoms with Crippen molar-refractivity contribution >= 4 is 34.0 Å². The second-order valence-corrected chi connectivity index (χ2v) is 8.09. The number of pyridine rings is 1. The van der Waals surface area contributed by atoms with E-state index in [0.717, 1.165) is 15.7 Å². The van der Waals surface area contributed by atoms with E-state index in [1.165, 1.54) is 23.1 Å². The van der Waals surface area contributed by atoms with E-state index >= 15 is 0 Å². The van der Waals surface area contributed by atoms with Crippen LogP contribution < -0.4 is 19.5 Å². The molecule has 0 saturated carbocycles. The van der Waals surface area contributed by atoms with Gasteiger partial charge in [-0.05, 0) is 30.8 Å². The van der Waals surface area contributed by atoms with Gasteiger partial charge in [-0.1, -0.05) is 18.2 Å². The molecule has 8 nitrogen and oxygen atoms in total. The first-order valence-corrected chi connectivity index (χ1v) is 10.9. The van der Waals surface area contributed by atoms with Crippen LogP contribution in [0.1, 0.15) is 5.69 Å². The number of aryl methyl sites for hydroxylation is 1. The Labute approximate surface area is 187 Å². The summed E-state index contributed by atoms with van der Waals surface area (Å²) >= 11 is 2.83. The minimum absolute atomic E-state index is 0.417. The quantitative estimate of drug-likeness (QED) is 0.355. The van der Waals surface area contributed by atoms with E-state index in [-0.39, 0.29) is 0 Å². The molecular formula is C21H19N5O3S2. The van der Waals surface area contributed by atoms with Crippen molar-refractivity contribution in [2.75, 3.05) is 19.5 Å². The molecule has 0 saturated heterocycles. The Morgan fingerprint density at radius 1 is 0.968 bits per heavy atom. The Morgan fingerprint density at radius 3 is 2.35 bits per heavy atom. The number of nitrogens with zero attached hydrogens (tertiary/aromatic N) is 4. The number of hydrogen-bond donors (Lipinski definition) is 1. The molecule has 0 spiro atoms. The lowest BCUT2D eigenvalue weighted by Crippen LogP contribution is -1.98. The van der Waals surface area contributed by atoms with Gasteiger partial charge in [0.25, 0.3) is 0 Å². The number of nitrogens with one attached hydrogen (secondary N) is 1. The normalized spacial score (nSPS) is 10.5. The van der Waals surface area contributed by atoms with Crippen LogP contribution in [0.2, 0.25) is 0 Å². The minimum Gasteiger partial charge on any atom is -0.481 e. The van der Waals surface area contributed by atoms with Crippen molar-refractivity contribution in [1.29, 1.82) is 0 Å². The second-order valence-electron chi connectivity index (χ2n) is 6.19. The van der Waals surface area contributed by atoms with Crippen LogP contribution in [0.25, 0.3) is 0 Å². The Hall–Kier alpha value is -3.37. The lowest BCUT2D eigenvalue weighted by Gasteiger charge is -2.12. The largest absolute Gasteiger partial charge is 0.481 e. The topological polar surface area (TPSA) is 91.3 Å². The molecule has 0 bridgehead atoms.